The summed E-state index contributed by atoms with van der Waals surface area (Å²) in [5.41, 5.74) is 4.55. The first-order chi connectivity index (χ1) is 14.5. The highest BCUT2D eigenvalue weighted by molar-refractivity contribution is 6.00. The first-order valence-corrected chi connectivity index (χ1v) is 9.97. The van der Waals surface area contributed by atoms with Gasteiger partial charge in [-0.15, -0.1) is 0 Å². The van der Waals surface area contributed by atoms with Gasteiger partial charge in [0.05, 0.1) is 35.2 Å². The minimum Gasteiger partial charge on any atom is -0.379 e. The summed E-state index contributed by atoms with van der Waals surface area (Å²) in [6.07, 6.45) is -3.76. The molecule has 2 heterocycles. The second-order valence-corrected chi connectivity index (χ2v) is 8.82. The minimum absolute atomic E-state index is 0.0177. The van der Waals surface area contributed by atoms with Gasteiger partial charge in [0, 0.05) is 18.7 Å². The van der Waals surface area contributed by atoms with Crippen LogP contribution in [0.3, 0.4) is 0 Å². The molecule has 1 aromatic carbocycles. The van der Waals surface area contributed by atoms with E-state index in [1.54, 1.807) is 0 Å². The first-order valence-electron chi connectivity index (χ1n) is 9.97. The second kappa shape index (κ2) is 7.37. The van der Waals surface area contributed by atoms with Crippen LogP contribution in [0.5, 0.6) is 0 Å². The molecule has 166 valence electrons. The van der Waals surface area contributed by atoms with Gasteiger partial charge in [-0.05, 0) is 36.5 Å². The number of primary amides is 1. The van der Waals surface area contributed by atoms with Crippen LogP contribution in [0.4, 0.5) is 18.9 Å². The number of alkyl halides is 3. The lowest BCUT2D eigenvalue weighted by Gasteiger charge is -2.29. The largest absolute Gasteiger partial charge is 0.435 e. The monoisotopic (exact) mass is 436 g/mol. The molecule has 1 aromatic heterocycles. The van der Waals surface area contributed by atoms with E-state index in [1.807, 2.05) is 13.8 Å². The maximum absolute atomic E-state index is 13.7. The molecule has 10 heteroatoms. The molecule has 1 saturated heterocycles. The number of fused-ring (bicyclic) bond motifs is 1. The molecule has 2 aliphatic rings. The minimum atomic E-state index is -4.76. The molecule has 0 bridgehead atoms. The van der Waals surface area contributed by atoms with Crippen LogP contribution in [0.25, 0.3) is 5.69 Å². The highest BCUT2D eigenvalue weighted by atomic mass is 19.4. The lowest BCUT2D eigenvalue weighted by atomic mass is 9.75. The standard InChI is InChI=1S/C21H23F3N4O3/c1-20(2)8-15-17(16(29)9-20)18(21(22,23)24)27-28(15)12-3-4-13(19(25)30)14(7-12)26-11-5-6-31-10-11/h3-4,7,11,26H,5-6,8-10H2,1-2H3,(H2,25,30)/t11-/m1/s1. The van der Waals surface area contributed by atoms with Gasteiger partial charge in [-0.2, -0.15) is 18.3 Å². The molecule has 1 atom stereocenters. The number of nitrogens with two attached hydrogens (primary N) is 1. The maximum atomic E-state index is 13.7. The number of benzene rings is 1. The molecular formula is C21H23F3N4O3. The lowest BCUT2D eigenvalue weighted by molar-refractivity contribution is -0.141. The van der Waals surface area contributed by atoms with E-state index in [0.29, 0.717) is 24.6 Å². The molecule has 0 unspecified atom stereocenters. The molecule has 0 radical (unpaired) electrons. The summed E-state index contributed by atoms with van der Waals surface area (Å²) in [5.74, 6) is -1.23. The van der Waals surface area contributed by atoms with Crippen molar-refractivity contribution >= 4 is 17.4 Å². The van der Waals surface area contributed by atoms with Gasteiger partial charge in [0.2, 0.25) is 0 Å². The number of anilines is 1. The number of amides is 1. The van der Waals surface area contributed by atoms with Crippen LogP contribution in [0, 0.1) is 5.41 Å². The van der Waals surface area contributed by atoms with Crippen molar-refractivity contribution in [1.29, 1.82) is 0 Å². The van der Waals surface area contributed by atoms with Crippen molar-refractivity contribution in [2.45, 2.75) is 45.3 Å². The van der Waals surface area contributed by atoms with Gasteiger partial charge in [-0.25, -0.2) is 4.68 Å². The average Bonchev–Trinajstić information content (AvgIpc) is 3.27. The number of aromatic nitrogens is 2. The van der Waals surface area contributed by atoms with Crippen molar-refractivity contribution in [3.63, 3.8) is 0 Å². The summed E-state index contributed by atoms with van der Waals surface area (Å²) >= 11 is 0. The Kier molecular flexibility index (Phi) is 5.07. The summed E-state index contributed by atoms with van der Waals surface area (Å²) < 4.78 is 47.5. The SMILES string of the molecule is CC1(C)CC(=O)c2c(C(F)(F)F)nn(-c3ccc(C(N)=O)c(N[C@@H]4CCOC4)c3)c2C1. The summed E-state index contributed by atoms with van der Waals surface area (Å²) in [6, 6.07) is 4.42. The molecule has 0 saturated carbocycles. The smallest absolute Gasteiger partial charge is 0.379 e. The molecule has 0 spiro atoms. The zero-order chi connectivity index (χ0) is 22.6. The van der Waals surface area contributed by atoms with Crippen LogP contribution < -0.4 is 11.1 Å². The van der Waals surface area contributed by atoms with Crippen molar-refractivity contribution in [2.24, 2.45) is 11.1 Å². The number of ketones is 1. The fourth-order valence-corrected chi connectivity index (χ4v) is 4.23. The van der Waals surface area contributed by atoms with Crippen LogP contribution in [0.15, 0.2) is 18.2 Å². The Morgan fingerprint density at radius 1 is 1.32 bits per heavy atom. The molecule has 1 fully saturated rings. The third-order valence-electron chi connectivity index (χ3n) is 5.62. The van der Waals surface area contributed by atoms with E-state index in [0.717, 1.165) is 11.1 Å². The Morgan fingerprint density at radius 2 is 2.06 bits per heavy atom. The Balaban J connectivity index is 1.86. The molecule has 2 aromatic rings. The Labute approximate surface area is 176 Å². The predicted octanol–water partition coefficient (Wildman–Crippen LogP) is 3.35. The zero-order valence-corrected chi connectivity index (χ0v) is 17.2. The molecule has 1 aliphatic heterocycles. The molecular weight excluding hydrogens is 413 g/mol. The number of rotatable bonds is 4. The lowest BCUT2D eigenvalue weighted by Crippen LogP contribution is -2.29. The van der Waals surface area contributed by atoms with Crippen molar-refractivity contribution in [1.82, 2.24) is 9.78 Å². The van der Waals surface area contributed by atoms with Gasteiger partial charge in [0.15, 0.2) is 11.5 Å². The van der Waals surface area contributed by atoms with Gasteiger partial charge in [-0.3, -0.25) is 9.59 Å². The van der Waals surface area contributed by atoms with Crippen LogP contribution in [0.2, 0.25) is 0 Å². The van der Waals surface area contributed by atoms with Crippen LogP contribution >= 0.6 is 0 Å². The number of nitrogens with zero attached hydrogens (tertiary/aromatic N) is 2. The zero-order valence-electron chi connectivity index (χ0n) is 17.2. The first kappa shape index (κ1) is 21.4. The number of carbonyl (C=O) groups is 2. The molecule has 4 rings (SSSR count). The van der Waals surface area contributed by atoms with Gasteiger partial charge in [-0.1, -0.05) is 13.8 Å². The maximum Gasteiger partial charge on any atom is 0.435 e. The van der Waals surface area contributed by atoms with E-state index >= 15 is 0 Å². The Hall–Kier alpha value is -2.88. The second-order valence-electron chi connectivity index (χ2n) is 8.82. The highest BCUT2D eigenvalue weighted by Gasteiger charge is 2.45. The van der Waals surface area contributed by atoms with Gasteiger partial charge >= 0.3 is 6.18 Å². The third-order valence-corrected chi connectivity index (χ3v) is 5.62. The van der Waals surface area contributed by atoms with E-state index in [2.05, 4.69) is 10.4 Å². The molecule has 1 aliphatic carbocycles. The van der Waals surface area contributed by atoms with Crippen molar-refractivity contribution < 1.29 is 27.5 Å². The molecule has 1 amide bonds. The fourth-order valence-electron chi connectivity index (χ4n) is 4.23. The van der Waals surface area contributed by atoms with E-state index in [9.17, 15) is 22.8 Å². The summed E-state index contributed by atoms with van der Waals surface area (Å²) in [4.78, 5) is 24.5. The normalized spacial score (nSPS) is 20.5. The average molecular weight is 436 g/mol. The van der Waals surface area contributed by atoms with Crippen LogP contribution in [0.1, 0.15) is 58.8 Å². The topological polar surface area (TPSA) is 99.2 Å². The molecule has 7 nitrogen and oxygen atoms in total. The number of ether oxygens (including phenoxy) is 1. The number of carbonyl (C=O) groups excluding carboxylic acids is 2. The molecule has 3 N–H and O–H groups in total. The van der Waals surface area contributed by atoms with E-state index in [-0.39, 0.29) is 35.7 Å². The fraction of sp³-hybridized carbons (Fsp3) is 0.476. The number of halogens is 3. The summed E-state index contributed by atoms with van der Waals surface area (Å²) in [5, 5.41) is 6.99. The van der Waals surface area contributed by atoms with E-state index in [4.69, 9.17) is 10.5 Å². The quantitative estimate of drug-likeness (QED) is 0.766. The number of hydrogen-bond donors (Lipinski definition) is 2. The molecule has 31 heavy (non-hydrogen) atoms. The van der Waals surface area contributed by atoms with Crippen LogP contribution in [-0.2, 0) is 17.3 Å². The van der Waals surface area contributed by atoms with E-state index < -0.39 is 29.0 Å². The number of nitrogens with one attached hydrogen (secondary N) is 1. The number of Topliss-reactive ketones (excluding diaryl/α,β-unsaturated/α-hetero) is 1. The number of hydrogen-bond acceptors (Lipinski definition) is 5. The predicted molar refractivity (Wildman–Crippen MR) is 106 cm³/mol. The summed E-state index contributed by atoms with van der Waals surface area (Å²) in [6.45, 7) is 4.69. The van der Waals surface area contributed by atoms with E-state index in [1.165, 1.54) is 18.2 Å². The third kappa shape index (κ3) is 4.04. The van der Waals surface area contributed by atoms with Crippen LogP contribution in [-0.4, -0.2) is 40.7 Å². The van der Waals surface area contributed by atoms with Crippen molar-refractivity contribution in [3.05, 3.63) is 40.7 Å². The Bertz CT molecular complexity index is 1050. The van der Waals surface area contributed by atoms with Gasteiger partial charge in [0.1, 0.15) is 0 Å². The Morgan fingerprint density at radius 3 is 2.68 bits per heavy atom. The summed E-state index contributed by atoms with van der Waals surface area (Å²) in [7, 11) is 0. The van der Waals surface area contributed by atoms with Gasteiger partial charge in [0.25, 0.3) is 5.91 Å². The highest BCUT2D eigenvalue weighted by Crippen LogP contribution is 2.42. The van der Waals surface area contributed by atoms with Crippen molar-refractivity contribution in [3.8, 4) is 5.69 Å². The van der Waals surface area contributed by atoms with Crippen molar-refractivity contribution in [2.75, 3.05) is 18.5 Å². The van der Waals surface area contributed by atoms with Gasteiger partial charge < -0.3 is 15.8 Å².